The molecule has 2 aromatic heterocycles. The molecule has 1 amide bonds. The van der Waals surface area contributed by atoms with Crippen LogP contribution in [0.5, 0.6) is 0 Å². The summed E-state index contributed by atoms with van der Waals surface area (Å²) in [6, 6.07) is 10.4. The van der Waals surface area contributed by atoms with Crippen molar-refractivity contribution in [3.05, 3.63) is 57.8 Å². The molecule has 0 saturated carbocycles. The van der Waals surface area contributed by atoms with Gasteiger partial charge in [-0.15, -0.1) is 21.5 Å². The van der Waals surface area contributed by atoms with Crippen LogP contribution in [-0.2, 0) is 30.6 Å². The molecule has 0 aliphatic heterocycles. The molecule has 1 aromatic carbocycles. The monoisotopic (exact) mass is 367 g/mol. The molecular weight excluding hydrogens is 346 g/mol. The highest BCUT2D eigenvalue weighted by Gasteiger charge is 2.13. The zero-order chi connectivity index (χ0) is 17.9. The van der Waals surface area contributed by atoms with Gasteiger partial charge in [-0.25, -0.2) is 0 Å². The lowest BCUT2D eigenvalue weighted by atomic mass is 9.90. The largest absolute Gasteiger partial charge is 0.418 e. The van der Waals surface area contributed by atoms with E-state index in [4.69, 9.17) is 4.42 Å². The summed E-state index contributed by atoms with van der Waals surface area (Å²) in [7, 11) is 0. The fraction of sp³-hybridized carbons (Fsp3) is 0.350. The molecule has 3 aromatic rings. The zero-order valence-corrected chi connectivity index (χ0v) is 15.6. The Kier molecular flexibility index (Phi) is 4.84. The van der Waals surface area contributed by atoms with Gasteiger partial charge in [0.1, 0.15) is 0 Å². The third-order valence-electron chi connectivity index (χ3n) is 4.63. The van der Waals surface area contributed by atoms with Crippen molar-refractivity contribution in [1.82, 2.24) is 15.5 Å². The molecule has 0 fully saturated rings. The Bertz CT molecular complexity index is 929. The lowest BCUT2D eigenvalue weighted by Crippen LogP contribution is -2.24. The molecule has 5 nitrogen and oxygen atoms in total. The highest BCUT2D eigenvalue weighted by molar-refractivity contribution is 7.15. The Morgan fingerprint density at radius 2 is 2.00 bits per heavy atom. The molecule has 0 radical (unpaired) electrons. The van der Waals surface area contributed by atoms with E-state index in [9.17, 15) is 4.79 Å². The smallest absolute Gasteiger partial charge is 0.257 e. The summed E-state index contributed by atoms with van der Waals surface area (Å²) in [5.41, 5.74) is 3.89. The van der Waals surface area contributed by atoms with Gasteiger partial charge in [-0.2, -0.15) is 0 Å². The van der Waals surface area contributed by atoms with E-state index in [-0.39, 0.29) is 12.5 Å². The molecule has 134 valence electrons. The molecule has 1 aliphatic rings. The quantitative estimate of drug-likeness (QED) is 0.744. The number of rotatable bonds is 5. The van der Waals surface area contributed by atoms with Crippen LogP contribution in [0.1, 0.15) is 40.3 Å². The molecule has 0 unspecified atom stereocenters. The molecule has 0 atom stereocenters. The van der Waals surface area contributed by atoms with Gasteiger partial charge >= 0.3 is 0 Å². The summed E-state index contributed by atoms with van der Waals surface area (Å²) in [5, 5.41) is 10.9. The fourth-order valence-corrected chi connectivity index (χ4v) is 4.08. The molecule has 2 heterocycles. The summed E-state index contributed by atoms with van der Waals surface area (Å²) in [6.45, 7) is 2.29. The fourth-order valence-electron chi connectivity index (χ4n) is 3.29. The van der Waals surface area contributed by atoms with Gasteiger partial charge in [-0.3, -0.25) is 4.79 Å². The van der Waals surface area contributed by atoms with Gasteiger partial charge in [0, 0.05) is 4.88 Å². The van der Waals surface area contributed by atoms with Crippen LogP contribution >= 0.6 is 11.3 Å². The minimum atomic E-state index is -0.0347. The predicted octanol–water partition coefficient (Wildman–Crippen LogP) is 3.84. The number of aromatic nitrogens is 2. The van der Waals surface area contributed by atoms with E-state index in [1.54, 1.807) is 11.3 Å². The van der Waals surface area contributed by atoms with Crippen LogP contribution in [0.4, 0.5) is 0 Å². The molecule has 6 heteroatoms. The standard InChI is InChI=1S/C20H21N3O2S/c1-13-6-9-17(26-13)20-23-22-19(25-20)12-21-18(24)11-14-7-8-15-4-2-3-5-16(15)10-14/h6-10H,2-5,11-12H2,1H3,(H,21,24). The van der Waals surface area contributed by atoms with Crippen molar-refractivity contribution in [1.29, 1.82) is 0 Å². The number of amides is 1. The normalized spacial score (nSPS) is 13.4. The molecule has 26 heavy (non-hydrogen) atoms. The van der Waals surface area contributed by atoms with Gasteiger partial charge in [0.15, 0.2) is 0 Å². The highest BCUT2D eigenvalue weighted by Crippen LogP contribution is 2.26. The van der Waals surface area contributed by atoms with Gasteiger partial charge < -0.3 is 9.73 Å². The molecule has 1 aliphatic carbocycles. The van der Waals surface area contributed by atoms with Crippen molar-refractivity contribution in [3.63, 3.8) is 0 Å². The van der Waals surface area contributed by atoms with E-state index in [0.717, 1.165) is 23.3 Å². The Hall–Kier alpha value is -2.47. The van der Waals surface area contributed by atoms with Crippen molar-refractivity contribution in [2.24, 2.45) is 0 Å². The van der Waals surface area contributed by atoms with Gasteiger partial charge in [-0.05, 0) is 61.4 Å². The molecule has 0 saturated heterocycles. The lowest BCUT2D eigenvalue weighted by Gasteiger charge is -2.16. The van der Waals surface area contributed by atoms with E-state index in [1.165, 1.54) is 28.8 Å². The first-order valence-corrected chi connectivity index (χ1v) is 9.75. The first kappa shape index (κ1) is 17.0. The number of fused-ring (bicyclic) bond motifs is 1. The van der Waals surface area contributed by atoms with Gasteiger partial charge in [-0.1, -0.05) is 18.2 Å². The number of nitrogens with one attached hydrogen (secondary N) is 1. The number of aryl methyl sites for hydroxylation is 3. The number of hydrogen-bond acceptors (Lipinski definition) is 5. The minimum Gasteiger partial charge on any atom is -0.418 e. The number of nitrogens with zero attached hydrogens (tertiary/aromatic N) is 2. The van der Waals surface area contributed by atoms with E-state index in [0.29, 0.717) is 18.2 Å². The highest BCUT2D eigenvalue weighted by atomic mass is 32.1. The molecule has 0 spiro atoms. The summed E-state index contributed by atoms with van der Waals surface area (Å²) in [4.78, 5) is 14.4. The lowest BCUT2D eigenvalue weighted by molar-refractivity contribution is -0.120. The third-order valence-corrected chi connectivity index (χ3v) is 5.62. The average molecular weight is 367 g/mol. The van der Waals surface area contributed by atoms with Crippen LogP contribution in [0.25, 0.3) is 10.8 Å². The number of carbonyl (C=O) groups is 1. The third kappa shape index (κ3) is 3.85. The van der Waals surface area contributed by atoms with Crippen molar-refractivity contribution in [3.8, 4) is 10.8 Å². The van der Waals surface area contributed by atoms with Gasteiger partial charge in [0.2, 0.25) is 11.8 Å². The summed E-state index contributed by atoms with van der Waals surface area (Å²) in [6.07, 6.45) is 5.16. The maximum absolute atomic E-state index is 12.2. The summed E-state index contributed by atoms with van der Waals surface area (Å²) in [5.74, 6) is 0.888. The van der Waals surface area contributed by atoms with Crippen LogP contribution in [0.3, 0.4) is 0 Å². The van der Waals surface area contributed by atoms with E-state index < -0.39 is 0 Å². The van der Waals surface area contributed by atoms with E-state index in [2.05, 4.69) is 33.7 Å². The average Bonchev–Trinajstić information content (AvgIpc) is 3.29. The summed E-state index contributed by atoms with van der Waals surface area (Å²) >= 11 is 1.61. The van der Waals surface area contributed by atoms with Crippen LogP contribution in [0.2, 0.25) is 0 Å². The maximum atomic E-state index is 12.2. The van der Waals surface area contributed by atoms with E-state index >= 15 is 0 Å². The zero-order valence-electron chi connectivity index (χ0n) is 14.7. The van der Waals surface area contributed by atoms with Gasteiger partial charge in [0.05, 0.1) is 17.8 Å². The second kappa shape index (κ2) is 7.41. The Labute approximate surface area is 156 Å². The second-order valence-electron chi connectivity index (χ2n) is 6.67. The first-order chi connectivity index (χ1) is 12.7. The molecular formula is C20H21N3O2S. The molecule has 1 N–H and O–H groups in total. The van der Waals surface area contributed by atoms with E-state index in [1.807, 2.05) is 19.1 Å². The van der Waals surface area contributed by atoms with Crippen LogP contribution in [-0.4, -0.2) is 16.1 Å². The molecule has 4 rings (SSSR count). The topological polar surface area (TPSA) is 68.0 Å². The number of thiophene rings is 1. The van der Waals surface area contributed by atoms with Crippen LogP contribution in [0, 0.1) is 6.92 Å². The molecule has 0 bridgehead atoms. The number of carbonyl (C=O) groups excluding carboxylic acids is 1. The van der Waals surface area contributed by atoms with Crippen molar-refractivity contribution in [2.75, 3.05) is 0 Å². The predicted molar refractivity (Wildman–Crippen MR) is 101 cm³/mol. The van der Waals surface area contributed by atoms with Crippen molar-refractivity contribution >= 4 is 17.2 Å². The summed E-state index contributed by atoms with van der Waals surface area (Å²) < 4.78 is 5.63. The number of hydrogen-bond donors (Lipinski definition) is 1. The van der Waals surface area contributed by atoms with Crippen molar-refractivity contribution in [2.45, 2.75) is 45.6 Å². The SMILES string of the molecule is Cc1ccc(-c2nnc(CNC(=O)Cc3ccc4c(c3)CCCC4)o2)s1. The number of benzene rings is 1. The Morgan fingerprint density at radius 1 is 1.15 bits per heavy atom. The van der Waals surface area contributed by atoms with Crippen LogP contribution < -0.4 is 5.32 Å². The Balaban J connectivity index is 1.33. The van der Waals surface area contributed by atoms with Gasteiger partial charge in [0.25, 0.3) is 5.89 Å². The van der Waals surface area contributed by atoms with Crippen molar-refractivity contribution < 1.29 is 9.21 Å². The van der Waals surface area contributed by atoms with Crippen LogP contribution in [0.15, 0.2) is 34.7 Å². The Morgan fingerprint density at radius 3 is 2.81 bits per heavy atom. The maximum Gasteiger partial charge on any atom is 0.257 e. The second-order valence-corrected chi connectivity index (χ2v) is 7.96. The first-order valence-electron chi connectivity index (χ1n) is 8.94. The minimum absolute atomic E-state index is 0.0347.